The predicted octanol–water partition coefficient (Wildman–Crippen LogP) is 2.73. The second-order valence-electron chi connectivity index (χ2n) is 4.73. The van der Waals surface area contributed by atoms with Gasteiger partial charge in [0.05, 0.1) is 31.6 Å². The molecule has 1 amide bonds. The molecule has 0 heterocycles. The minimum atomic E-state index is -0.353. The Kier molecular flexibility index (Phi) is 5.92. The van der Waals surface area contributed by atoms with Gasteiger partial charge >= 0.3 is 0 Å². The zero-order valence-electron chi connectivity index (χ0n) is 13.4. The highest BCUT2D eigenvalue weighted by Crippen LogP contribution is 2.27. The molecule has 2 rings (SSSR count). The lowest BCUT2D eigenvalue weighted by molar-refractivity contribution is 0.0955. The number of nitriles is 1. The molecule has 0 spiro atoms. The minimum Gasteiger partial charge on any atom is -0.493 e. The van der Waals surface area contributed by atoms with Gasteiger partial charge in [0.25, 0.3) is 5.91 Å². The molecule has 6 heteroatoms. The van der Waals surface area contributed by atoms with Crippen molar-refractivity contribution in [1.29, 1.82) is 5.26 Å². The normalized spacial score (nSPS) is 10.2. The van der Waals surface area contributed by atoms with E-state index in [9.17, 15) is 4.79 Å². The molecule has 0 aliphatic carbocycles. The lowest BCUT2D eigenvalue weighted by Crippen LogP contribution is -2.17. The van der Waals surface area contributed by atoms with Gasteiger partial charge in [0.1, 0.15) is 0 Å². The van der Waals surface area contributed by atoms with Crippen molar-refractivity contribution >= 4 is 12.1 Å². The first-order valence-corrected chi connectivity index (χ1v) is 7.32. The van der Waals surface area contributed by atoms with E-state index in [2.05, 4.69) is 10.5 Å². The molecular weight excluding hydrogens is 306 g/mol. The van der Waals surface area contributed by atoms with Gasteiger partial charge in [0, 0.05) is 5.56 Å². The smallest absolute Gasteiger partial charge is 0.271 e. The van der Waals surface area contributed by atoms with E-state index < -0.39 is 0 Å². The molecule has 6 nitrogen and oxygen atoms in total. The zero-order chi connectivity index (χ0) is 17.4. The molecule has 24 heavy (non-hydrogen) atoms. The highest BCUT2D eigenvalue weighted by Gasteiger charge is 2.05. The number of hydrogen-bond acceptors (Lipinski definition) is 5. The van der Waals surface area contributed by atoms with E-state index in [1.54, 1.807) is 49.6 Å². The van der Waals surface area contributed by atoms with E-state index in [0.717, 1.165) is 5.56 Å². The van der Waals surface area contributed by atoms with E-state index in [4.69, 9.17) is 14.7 Å². The van der Waals surface area contributed by atoms with E-state index in [1.807, 2.05) is 13.0 Å². The quantitative estimate of drug-likeness (QED) is 0.654. The third-order valence-electron chi connectivity index (χ3n) is 3.14. The summed E-state index contributed by atoms with van der Waals surface area (Å²) in [5.74, 6) is 0.896. The van der Waals surface area contributed by atoms with Crippen LogP contribution in [-0.4, -0.2) is 25.8 Å². The van der Waals surface area contributed by atoms with Crippen molar-refractivity contribution in [2.75, 3.05) is 13.7 Å². The Labute approximate surface area is 140 Å². The Bertz CT molecular complexity index is 777. The van der Waals surface area contributed by atoms with Crippen LogP contribution in [0.1, 0.15) is 28.4 Å². The number of carbonyl (C=O) groups is 1. The van der Waals surface area contributed by atoms with Gasteiger partial charge in [0.2, 0.25) is 0 Å². The lowest BCUT2D eigenvalue weighted by atomic mass is 10.1. The van der Waals surface area contributed by atoms with E-state index in [1.165, 1.54) is 6.21 Å². The van der Waals surface area contributed by atoms with Crippen molar-refractivity contribution in [1.82, 2.24) is 5.43 Å². The average Bonchev–Trinajstić information content (AvgIpc) is 2.62. The first-order valence-electron chi connectivity index (χ1n) is 7.32. The molecule has 0 aliphatic heterocycles. The Morgan fingerprint density at radius 3 is 2.62 bits per heavy atom. The largest absolute Gasteiger partial charge is 0.493 e. The van der Waals surface area contributed by atoms with Crippen molar-refractivity contribution in [2.24, 2.45) is 5.10 Å². The summed E-state index contributed by atoms with van der Waals surface area (Å²) in [4.78, 5) is 12.0. The number of nitrogens with one attached hydrogen (secondary N) is 1. The number of carbonyl (C=O) groups excluding carboxylic acids is 1. The molecule has 0 unspecified atom stereocenters. The maximum Gasteiger partial charge on any atom is 0.271 e. The van der Waals surface area contributed by atoms with Crippen LogP contribution in [0.5, 0.6) is 11.5 Å². The fourth-order valence-corrected chi connectivity index (χ4v) is 1.97. The maximum atomic E-state index is 12.0. The van der Waals surface area contributed by atoms with Gasteiger partial charge in [-0.15, -0.1) is 0 Å². The summed E-state index contributed by atoms with van der Waals surface area (Å²) in [5, 5.41) is 12.7. The molecule has 0 bridgehead atoms. The van der Waals surface area contributed by atoms with Gasteiger partial charge in [-0.1, -0.05) is 0 Å². The van der Waals surface area contributed by atoms with Crippen LogP contribution in [0.15, 0.2) is 47.6 Å². The molecule has 0 saturated carbocycles. The Balaban J connectivity index is 2.04. The third-order valence-corrected chi connectivity index (χ3v) is 3.14. The Morgan fingerprint density at radius 2 is 2.00 bits per heavy atom. The highest BCUT2D eigenvalue weighted by molar-refractivity contribution is 5.95. The number of nitrogens with zero attached hydrogens (tertiary/aromatic N) is 2. The number of rotatable bonds is 6. The second kappa shape index (κ2) is 8.34. The van der Waals surface area contributed by atoms with Crippen LogP contribution in [0.25, 0.3) is 0 Å². The monoisotopic (exact) mass is 323 g/mol. The summed E-state index contributed by atoms with van der Waals surface area (Å²) in [5.41, 5.74) is 4.13. The molecule has 122 valence electrons. The van der Waals surface area contributed by atoms with Crippen LogP contribution >= 0.6 is 0 Å². The number of methoxy groups -OCH3 is 1. The summed E-state index contributed by atoms with van der Waals surface area (Å²) in [6, 6.07) is 13.7. The van der Waals surface area contributed by atoms with E-state index in [-0.39, 0.29) is 5.91 Å². The zero-order valence-corrected chi connectivity index (χ0v) is 13.4. The van der Waals surface area contributed by atoms with Gasteiger partial charge in [-0.3, -0.25) is 4.79 Å². The molecule has 1 N–H and O–H groups in total. The Hall–Kier alpha value is -3.33. The molecular formula is C18H17N3O3. The maximum absolute atomic E-state index is 12.0. The summed E-state index contributed by atoms with van der Waals surface area (Å²) >= 11 is 0. The molecule has 0 aromatic heterocycles. The van der Waals surface area contributed by atoms with Crippen LogP contribution in [0, 0.1) is 11.3 Å². The summed E-state index contributed by atoms with van der Waals surface area (Å²) in [7, 11) is 1.57. The fourth-order valence-electron chi connectivity index (χ4n) is 1.97. The van der Waals surface area contributed by atoms with E-state index >= 15 is 0 Å². The predicted molar refractivity (Wildman–Crippen MR) is 90.4 cm³/mol. The van der Waals surface area contributed by atoms with Crippen molar-refractivity contribution in [3.63, 3.8) is 0 Å². The molecule has 0 atom stereocenters. The molecule has 0 fully saturated rings. The Morgan fingerprint density at radius 1 is 1.25 bits per heavy atom. The van der Waals surface area contributed by atoms with Crippen LogP contribution in [0.2, 0.25) is 0 Å². The van der Waals surface area contributed by atoms with Crippen molar-refractivity contribution in [2.45, 2.75) is 6.92 Å². The summed E-state index contributed by atoms with van der Waals surface area (Å²) in [6.07, 6.45) is 1.52. The summed E-state index contributed by atoms with van der Waals surface area (Å²) in [6.45, 7) is 2.41. The average molecular weight is 323 g/mol. The topological polar surface area (TPSA) is 83.7 Å². The van der Waals surface area contributed by atoms with Crippen molar-refractivity contribution in [3.8, 4) is 17.6 Å². The number of ether oxygens (including phenoxy) is 2. The SMILES string of the molecule is CCOc1cc(/C=N\NC(=O)c2ccc(C#N)cc2)ccc1OC. The number of hydrogen-bond donors (Lipinski definition) is 1. The third kappa shape index (κ3) is 4.34. The molecule has 0 saturated heterocycles. The van der Waals surface area contributed by atoms with Crippen LogP contribution in [0.4, 0.5) is 0 Å². The minimum absolute atomic E-state index is 0.353. The van der Waals surface area contributed by atoms with Gasteiger partial charge in [-0.05, 0) is 55.0 Å². The van der Waals surface area contributed by atoms with Gasteiger partial charge < -0.3 is 9.47 Å². The van der Waals surface area contributed by atoms with Gasteiger partial charge in [-0.2, -0.15) is 10.4 Å². The lowest BCUT2D eigenvalue weighted by Gasteiger charge is -2.09. The highest BCUT2D eigenvalue weighted by atomic mass is 16.5. The van der Waals surface area contributed by atoms with E-state index in [0.29, 0.717) is 29.2 Å². The number of benzene rings is 2. The van der Waals surface area contributed by atoms with Crippen molar-refractivity contribution < 1.29 is 14.3 Å². The van der Waals surface area contributed by atoms with Crippen LogP contribution in [-0.2, 0) is 0 Å². The second-order valence-corrected chi connectivity index (χ2v) is 4.73. The van der Waals surface area contributed by atoms with Gasteiger partial charge in [0.15, 0.2) is 11.5 Å². The molecule has 2 aromatic carbocycles. The first kappa shape index (κ1) is 17.0. The van der Waals surface area contributed by atoms with Crippen molar-refractivity contribution in [3.05, 3.63) is 59.2 Å². The number of hydrazone groups is 1. The van der Waals surface area contributed by atoms with Crippen LogP contribution < -0.4 is 14.9 Å². The van der Waals surface area contributed by atoms with Crippen LogP contribution in [0.3, 0.4) is 0 Å². The molecule has 0 aliphatic rings. The molecule has 0 radical (unpaired) electrons. The first-order chi connectivity index (χ1) is 11.7. The number of amides is 1. The summed E-state index contributed by atoms with van der Waals surface area (Å²) < 4.78 is 10.7. The molecule has 2 aromatic rings. The van der Waals surface area contributed by atoms with Gasteiger partial charge in [-0.25, -0.2) is 5.43 Å². The fraction of sp³-hybridized carbons (Fsp3) is 0.167. The standard InChI is InChI=1S/C18H17N3O3/c1-3-24-17-10-14(6-9-16(17)23-2)12-20-21-18(22)15-7-4-13(11-19)5-8-15/h4-10,12H,3H2,1-2H3,(H,21,22)/b20-12-.